The second kappa shape index (κ2) is 5.76. The van der Waals surface area contributed by atoms with Crippen molar-refractivity contribution in [1.82, 2.24) is 0 Å². The van der Waals surface area contributed by atoms with Crippen LogP contribution in [0.5, 0.6) is 0 Å². The third kappa shape index (κ3) is 3.88. The molecule has 0 saturated heterocycles. The largest absolute Gasteiger partial charge is 0.378 e. The lowest BCUT2D eigenvalue weighted by molar-refractivity contribution is 0.581. The third-order valence-corrected chi connectivity index (χ3v) is 2.34. The summed E-state index contributed by atoms with van der Waals surface area (Å²) in [4.78, 5) is 0. The van der Waals surface area contributed by atoms with Crippen molar-refractivity contribution < 1.29 is 0 Å². The lowest BCUT2D eigenvalue weighted by Gasteiger charge is -2.17. The Morgan fingerprint density at radius 1 is 1.29 bits per heavy atom. The first kappa shape index (κ1) is 11.2. The van der Waals surface area contributed by atoms with Crippen molar-refractivity contribution in [2.24, 2.45) is 5.92 Å². The van der Waals surface area contributed by atoms with Crippen molar-refractivity contribution in [3.05, 3.63) is 30.3 Å². The molecule has 1 atom stereocenters. The van der Waals surface area contributed by atoms with E-state index in [0.29, 0.717) is 12.0 Å². The average Bonchev–Trinajstić information content (AvgIpc) is 2.17. The van der Waals surface area contributed by atoms with Gasteiger partial charge in [-0.05, 0) is 24.5 Å². The van der Waals surface area contributed by atoms with Gasteiger partial charge in [-0.25, -0.2) is 0 Å². The van der Waals surface area contributed by atoms with E-state index in [1.165, 1.54) is 0 Å². The van der Waals surface area contributed by atoms with Gasteiger partial charge < -0.3 is 5.32 Å². The smallest absolute Gasteiger partial charge is 0.0549 e. The van der Waals surface area contributed by atoms with Crippen LogP contribution in [0.4, 0.5) is 5.69 Å². The molecule has 1 N–H and O–H groups in total. The number of rotatable bonds is 5. The van der Waals surface area contributed by atoms with E-state index in [2.05, 4.69) is 31.3 Å². The Hall–Kier alpha value is -0.890. The molecule has 0 aliphatic carbocycles. The van der Waals surface area contributed by atoms with Gasteiger partial charge in [-0.3, -0.25) is 0 Å². The highest BCUT2D eigenvalue weighted by molar-refractivity contribution is 7.79. The van der Waals surface area contributed by atoms with Crippen molar-refractivity contribution >= 4 is 23.3 Å². The number of benzene rings is 1. The van der Waals surface area contributed by atoms with E-state index in [1.54, 1.807) is 0 Å². The molecule has 0 heterocycles. The molecule has 14 heavy (non-hydrogen) atoms. The molecule has 1 rings (SSSR count). The van der Waals surface area contributed by atoms with E-state index < -0.39 is 0 Å². The van der Waals surface area contributed by atoms with Crippen molar-refractivity contribution in [1.29, 1.82) is 0 Å². The van der Waals surface area contributed by atoms with Gasteiger partial charge in [0.2, 0.25) is 0 Å². The SMILES string of the molecule is CC(C)CC(C=S)Nc1ccccc1. The van der Waals surface area contributed by atoms with Crippen LogP contribution in [-0.4, -0.2) is 11.4 Å². The van der Waals surface area contributed by atoms with Gasteiger partial charge in [0.1, 0.15) is 0 Å². The summed E-state index contributed by atoms with van der Waals surface area (Å²) in [6, 6.07) is 10.5. The minimum Gasteiger partial charge on any atom is -0.378 e. The molecular formula is C12H17NS. The van der Waals surface area contributed by atoms with E-state index >= 15 is 0 Å². The Morgan fingerprint density at radius 3 is 2.43 bits per heavy atom. The van der Waals surface area contributed by atoms with Crippen LogP contribution in [0.25, 0.3) is 0 Å². The second-order valence-electron chi connectivity index (χ2n) is 3.88. The fraction of sp³-hybridized carbons (Fsp3) is 0.417. The van der Waals surface area contributed by atoms with Crippen molar-refractivity contribution in [2.45, 2.75) is 26.3 Å². The summed E-state index contributed by atoms with van der Waals surface area (Å²) in [5.74, 6) is 0.662. The number of anilines is 1. The van der Waals surface area contributed by atoms with E-state index in [4.69, 9.17) is 12.2 Å². The van der Waals surface area contributed by atoms with Crippen LogP contribution in [0.2, 0.25) is 0 Å². The summed E-state index contributed by atoms with van der Waals surface area (Å²) in [7, 11) is 0. The number of nitrogens with one attached hydrogen (secondary N) is 1. The molecule has 1 aromatic carbocycles. The predicted octanol–water partition coefficient (Wildman–Crippen LogP) is 3.51. The summed E-state index contributed by atoms with van der Waals surface area (Å²) in [5.41, 5.74) is 1.14. The Kier molecular flexibility index (Phi) is 4.60. The van der Waals surface area contributed by atoms with Gasteiger partial charge in [0.25, 0.3) is 0 Å². The fourth-order valence-electron chi connectivity index (χ4n) is 1.40. The molecule has 0 saturated carbocycles. The average molecular weight is 207 g/mol. The molecule has 2 heteroatoms. The molecule has 0 aromatic heterocycles. The summed E-state index contributed by atoms with van der Waals surface area (Å²) < 4.78 is 0. The van der Waals surface area contributed by atoms with Crippen LogP contribution in [0.1, 0.15) is 20.3 Å². The van der Waals surface area contributed by atoms with Crippen LogP contribution in [0.3, 0.4) is 0 Å². The minimum atomic E-state index is 0.299. The second-order valence-corrected chi connectivity index (χ2v) is 4.15. The van der Waals surface area contributed by atoms with Gasteiger partial charge in [-0.2, -0.15) is 0 Å². The minimum absolute atomic E-state index is 0.299. The highest BCUT2D eigenvalue weighted by Crippen LogP contribution is 2.11. The highest BCUT2D eigenvalue weighted by Gasteiger charge is 2.06. The Morgan fingerprint density at radius 2 is 1.93 bits per heavy atom. The summed E-state index contributed by atoms with van der Waals surface area (Å²) in [6.45, 7) is 4.41. The quantitative estimate of drug-likeness (QED) is 0.741. The van der Waals surface area contributed by atoms with Gasteiger partial charge in [0.15, 0.2) is 0 Å². The highest BCUT2D eigenvalue weighted by atomic mass is 32.1. The van der Waals surface area contributed by atoms with Crippen LogP contribution >= 0.6 is 12.2 Å². The zero-order chi connectivity index (χ0) is 10.4. The Bertz CT molecular complexity index is 269. The molecule has 1 unspecified atom stereocenters. The molecule has 0 aliphatic heterocycles. The zero-order valence-electron chi connectivity index (χ0n) is 8.73. The van der Waals surface area contributed by atoms with Crippen LogP contribution in [0.15, 0.2) is 30.3 Å². The first-order valence-electron chi connectivity index (χ1n) is 4.99. The molecule has 0 bridgehead atoms. The molecular weight excluding hydrogens is 190 g/mol. The number of hydrogen-bond acceptors (Lipinski definition) is 2. The molecule has 0 spiro atoms. The maximum Gasteiger partial charge on any atom is 0.0549 e. The van der Waals surface area contributed by atoms with E-state index in [0.717, 1.165) is 12.1 Å². The van der Waals surface area contributed by atoms with E-state index in [9.17, 15) is 0 Å². The third-order valence-electron chi connectivity index (χ3n) is 2.02. The van der Waals surface area contributed by atoms with E-state index in [-0.39, 0.29) is 0 Å². The lowest BCUT2D eigenvalue weighted by Crippen LogP contribution is -2.22. The van der Waals surface area contributed by atoms with Gasteiger partial charge >= 0.3 is 0 Å². The predicted molar refractivity (Wildman–Crippen MR) is 67.0 cm³/mol. The van der Waals surface area contributed by atoms with Gasteiger partial charge in [-0.15, -0.1) is 0 Å². The fourth-order valence-corrected chi connectivity index (χ4v) is 1.58. The first-order valence-corrected chi connectivity index (χ1v) is 5.46. The van der Waals surface area contributed by atoms with Crippen molar-refractivity contribution in [3.63, 3.8) is 0 Å². The van der Waals surface area contributed by atoms with Crippen LogP contribution in [0, 0.1) is 5.92 Å². The monoisotopic (exact) mass is 207 g/mol. The summed E-state index contributed by atoms with van der Waals surface area (Å²) in [6.07, 6.45) is 1.08. The topological polar surface area (TPSA) is 12.0 Å². The molecule has 0 amide bonds. The molecule has 0 radical (unpaired) electrons. The maximum atomic E-state index is 5.00. The molecule has 0 aliphatic rings. The van der Waals surface area contributed by atoms with Gasteiger partial charge in [0.05, 0.1) is 6.04 Å². The zero-order valence-corrected chi connectivity index (χ0v) is 9.55. The number of thiocarbonyl (C=S) groups is 1. The number of hydrogen-bond donors (Lipinski definition) is 1. The summed E-state index contributed by atoms with van der Waals surface area (Å²) in [5, 5.41) is 5.21. The van der Waals surface area contributed by atoms with Crippen molar-refractivity contribution in [3.8, 4) is 0 Å². The van der Waals surface area contributed by atoms with Gasteiger partial charge in [-0.1, -0.05) is 44.3 Å². The normalized spacial score (nSPS) is 12.5. The van der Waals surface area contributed by atoms with Crippen molar-refractivity contribution in [2.75, 3.05) is 5.32 Å². The van der Waals surface area contributed by atoms with Crippen LogP contribution in [-0.2, 0) is 0 Å². The molecule has 76 valence electrons. The lowest BCUT2D eigenvalue weighted by atomic mass is 10.1. The summed E-state index contributed by atoms with van der Waals surface area (Å²) >= 11 is 5.00. The van der Waals surface area contributed by atoms with E-state index in [1.807, 2.05) is 23.6 Å². The standard InChI is InChI=1S/C12H17NS/c1-10(2)8-12(9-14)13-11-6-4-3-5-7-11/h3-7,9-10,12-13H,8H2,1-2H3. The Labute approximate surface area is 91.5 Å². The maximum absolute atomic E-state index is 5.00. The first-order chi connectivity index (χ1) is 6.72. The molecule has 1 nitrogen and oxygen atoms in total. The van der Waals surface area contributed by atoms with Crippen LogP contribution < -0.4 is 5.32 Å². The Balaban J connectivity index is 2.53. The number of para-hydroxylation sites is 1. The molecule has 0 fully saturated rings. The van der Waals surface area contributed by atoms with Gasteiger partial charge in [0, 0.05) is 11.1 Å². The molecule has 1 aromatic rings.